The molecule has 2 fully saturated rings. The van der Waals surface area contributed by atoms with Crippen LogP contribution in [0.15, 0.2) is 42.5 Å². The van der Waals surface area contributed by atoms with Gasteiger partial charge in [-0.15, -0.1) is 0 Å². The highest BCUT2D eigenvalue weighted by Gasteiger charge is 2.50. The lowest BCUT2D eigenvalue weighted by Gasteiger charge is -2.52. The summed E-state index contributed by atoms with van der Waals surface area (Å²) in [6.45, 7) is 2.96. The topological polar surface area (TPSA) is 88.5 Å². The summed E-state index contributed by atoms with van der Waals surface area (Å²) in [4.78, 5) is 15.3. The lowest BCUT2D eigenvalue weighted by molar-refractivity contribution is -0.150. The van der Waals surface area contributed by atoms with Crippen molar-refractivity contribution in [3.63, 3.8) is 0 Å². The number of piperidine rings is 1. The van der Waals surface area contributed by atoms with Gasteiger partial charge in [-0.3, -0.25) is 4.79 Å². The molecule has 5 rings (SSSR count). The number of amides is 1. The average molecular weight is 466 g/mol. The Morgan fingerprint density at radius 2 is 2.03 bits per heavy atom. The molecule has 34 heavy (non-hydrogen) atoms. The first-order valence-corrected chi connectivity index (χ1v) is 12.0. The van der Waals surface area contributed by atoms with Crippen molar-refractivity contribution in [2.75, 3.05) is 19.9 Å². The van der Waals surface area contributed by atoms with Crippen LogP contribution in [-0.2, 0) is 4.79 Å². The molecule has 1 aliphatic carbocycles. The van der Waals surface area contributed by atoms with Gasteiger partial charge < -0.3 is 29.3 Å². The molecule has 2 aromatic rings. The Kier molecular flexibility index (Phi) is 6.13. The van der Waals surface area contributed by atoms with Gasteiger partial charge >= 0.3 is 0 Å². The molecule has 7 heteroatoms. The van der Waals surface area contributed by atoms with Crippen molar-refractivity contribution in [3.05, 3.63) is 53.6 Å². The summed E-state index contributed by atoms with van der Waals surface area (Å²) in [5, 5.41) is 21.7. The first kappa shape index (κ1) is 22.6. The van der Waals surface area contributed by atoms with E-state index < -0.39 is 5.60 Å². The molecule has 0 spiro atoms. The molecule has 3 atom stereocenters. The van der Waals surface area contributed by atoms with Crippen LogP contribution >= 0.6 is 0 Å². The molecule has 2 N–H and O–H groups in total. The summed E-state index contributed by atoms with van der Waals surface area (Å²) in [5.41, 5.74) is 0.935. The zero-order valence-electron chi connectivity index (χ0n) is 19.4. The summed E-state index contributed by atoms with van der Waals surface area (Å²) in [5.74, 6) is 1.66. The number of phenolic OH excluding ortho intramolecular Hbond substituents is 1. The maximum atomic E-state index is 13.5. The average Bonchev–Trinajstić information content (AvgIpc) is 3.31. The Balaban J connectivity index is 1.46. The van der Waals surface area contributed by atoms with E-state index in [9.17, 15) is 15.0 Å². The molecule has 1 amide bonds. The van der Waals surface area contributed by atoms with E-state index in [2.05, 4.69) is 0 Å². The van der Waals surface area contributed by atoms with Crippen LogP contribution in [0.1, 0.15) is 56.2 Å². The van der Waals surface area contributed by atoms with Crippen molar-refractivity contribution < 1.29 is 29.2 Å². The minimum absolute atomic E-state index is 0.0703. The van der Waals surface area contributed by atoms with Gasteiger partial charge in [0.15, 0.2) is 23.0 Å². The SMILES string of the molecule is CCOc1cc([C@@H]2[C@H]3CCCC[C@@]3(O)CCN2C(=O)/C=C/c2ccc3c(c2)OCO3)ccc1O. The first-order chi connectivity index (χ1) is 16.5. The lowest BCUT2D eigenvalue weighted by atomic mass is 9.66. The minimum Gasteiger partial charge on any atom is -0.504 e. The van der Waals surface area contributed by atoms with E-state index in [4.69, 9.17) is 14.2 Å². The number of aliphatic hydroxyl groups is 1. The summed E-state index contributed by atoms with van der Waals surface area (Å²) < 4.78 is 16.4. The Morgan fingerprint density at radius 3 is 2.88 bits per heavy atom. The van der Waals surface area contributed by atoms with Crippen molar-refractivity contribution in [1.82, 2.24) is 4.90 Å². The summed E-state index contributed by atoms with van der Waals surface area (Å²) in [6.07, 6.45) is 7.55. The normalized spacial score (nSPS) is 25.9. The van der Waals surface area contributed by atoms with Crippen LogP contribution in [0.25, 0.3) is 6.08 Å². The van der Waals surface area contributed by atoms with Gasteiger partial charge in [0, 0.05) is 18.5 Å². The number of phenols is 1. The zero-order chi connectivity index (χ0) is 23.7. The van der Waals surface area contributed by atoms with Gasteiger partial charge in [0.25, 0.3) is 0 Å². The van der Waals surface area contributed by atoms with Gasteiger partial charge in [-0.1, -0.05) is 25.0 Å². The second kappa shape index (κ2) is 9.22. The number of nitrogens with zero attached hydrogens (tertiary/aromatic N) is 1. The summed E-state index contributed by atoms with van der Waals surface area (Å²) >= 11 is 0. The second-order valence-corrected chi connectivity index (χ2v) is 9.29. The van der Waals surface area contributed by atoms with E-state index >= 15 is 0 Å². The molecule has 2 aromatic carbocycles. The van der Waals surface area contributed by atoms with Crippen molar-refractivity contribution in [3.8, 4) is 23.0 Å². The molecule has 0 radical (unpaired) electrons. The predicted molar refractivity (Wildman–Crippen MR) is 127 cm³/mol. The predicted octanol–water partition coefficient (Wildman–Crippen LogP) is 4.43. The van der Waals surface area contributed by atoms with E-state index in [0.29, 0.717) is 36.8 Å². The van der Waals surface area contributed by atoms with Crippen LogP contribution in [0.4, 0.5) is 0 Å². The maximum Gasteiger partial charge on any atom is 0.247 e. The maximum absolute atomic E-state index is 13.5. The van der Waals surface area contributed by atoms with Gasteiger partial charge in [0.2, 0.25) is 12.7 Å². The largest absolute Gasteiger partial charge is 0.504 e. The quantitative estimate of drug-likeness (QED) is 0.636. The minimum atomic E-state index is -0.787. The number of aromatic hydroxyl groups is 1. The van der Waals surface area contributed by atoms with E-state index in [1.54, 1.807) is 18.2 Å². The fourth-order valence-corrected chi connectivity index (χ4v) is 5.61. The van der Waals surface area contributed by atoms with Gasteiger partial charge in [-0.05, 0) is 67.7 Å². The Labute approximate surface area is 199 Å². The fourth-order valence-electron chi connectivity index (χ4n) is 5.61. The van der Waals surface area contributed by atoms with E-state index in [0.717, 1.165) is 36.8 Å². The lowest BCUT2D eigenvalue weighted by Crippen LogP contribution is -2.56. The molecule has 1 saturated carbocycles. The molecule has 2 aliphatic heterocycles. The molecule has 7 nitrogen and oxygen atoms in total. The fraction of sp³-hybridized carbons (Fsp3) is 0.444. The van der Waals surface area contributed by atoms with Gasteiger partial charge in [-0.2, -0.15) is 0 Å². The van der Waals surface area contributed by atoms with Crippen molar-refractivity contribution >= 4 is 12.0 Å². The van der Waals surface area contributed by atoms with Crippen LogP contribution in [-0.4, -0.2) is 46.6 Å². The molecule has 0 unspecified atom stereocenters. The first-order valence-electron chi connectivity index (χ1n) is 12.0. The third kappa shape index (κ3) is 4.20. The van der Waals surface area contributed by atoms with E-state index in [1.807, 2.05) is 42.2 Å². The van der Waals surface area contributed by atoms with Gasteiger partial charge in [0.1, 0.15) is 0 Å². The number of hydrogen-bond acceptors (Lipinski definition) is 6. The Bertz CT molecular complexity index is 1100. The summed E-state index contributed by atoms with van der Waals surface area (Å²) in [6, 6.07) is 10.5. The Hall–Kier alpha value is -3.19. The van der Waals surface area contributed by atoms with Crippen LogP contribution in [0, 0.1) is 5.92 Å². The highest BCUT2D eigenvalue weighted by atomic mass is 16.7. The molecule has 2 heterocycles. The standard InChI is InChI=1S/C27H31NO6/c1-2-32-23-16-19(8-9-21(23)29)26-20-5-3-4-12-27(20,31)13-14-28(26)25(30)11-7-18-6-10-22-24(15-18)34-17-33-22/h6-11,15-16,20,26,29,31H,2-5,12-14,17H2,1H3/b11-7+/t20-,26-,27-/m1/s1. The smallest absolute Gasteiger partial charge is 0.247 e. The zero-order valence-corrected chi connectivity index (χ0v) is 19.4. The second-order valence-electron chi connectivity index (χ2n) is 9.29. The number of likely N-dealkylation sites (tertiary alicyclic amines) is 1. The Morgan fingerprint density at radius 1 is 1.18 bits per heavy atom. The van der Waals surface area contributed by atoms with Crippen LogP contribution < -0.4 is 14.2 Å². The van der Waals surface area contributed by atoms with Gasteiger partial charge in [0.05, 0.1) is 18.2 Å². The van der Waals surface area contributed by atoms with E-state index in [1.165, 1.54) is 0 Å². The van der Waals surface area contributed by atoms with Crippen molar-refractivity contribution in [2.45, 2.75) is 50.7 Å². The molecule has 1 saturated heterocycles. The van der Waals surface area contributed by atoms with E-state index in [-0.39, 0.29) is 30.4 Å². The number of benzene rings is 2. The number of carbonyl (C=O) groups is 1. The third-order valence-electron chi connectivity index (χ3n) is 7.29. The molecular weight excluding hydrogens is 434 g/mol. The molecule has 0 aromatic heterocycles. The van der Waals surface area contributed by atoms with Crippen LogP contribution in [0.2, 0.25) is 0 Å². The molecular formula is C27H31NO6. The molecule has 3 aliphatic rings. The highest BCUT2D eigenvalue weighted by Crippen LogP contribution is 2.50. The monoisotopic (exact) mass is 465 g/mol. The number of fused-ring (bicyclic) bond motifs is 2. The van der Waals surface area contributed by atoms with Gasteiger partial charge in [-0.25, -0.2) is 0 Å². The van der Waals surface area contributed by atoms with Crippen LogP contribution in [0.5, 0.6) is 23.0 Å². The number of hydrogen-bond donors (Lipinski definition) is 2. The molecule has 180 valence electrons. The van der Waals surface area contributed by atoms with Crippen molar-refractivity contribution in [2.24, 2.45) is 5.92 Å². The third-order valence-corrected chi connectivity index (χ3v) is 7.29. The molecule has 0 bridgehead atoms. The number of ether oxygens (including phenoxy) is 3. The number of carbonyl (C=O) groups excluding carboxylic acids is 1. The number of rotatable bonds is 5. The highest BCUT2D eigenvalue weighted by molar-refractivity contribution is 5.92. The summed E-state index contributed by atoms with van der Waals surface area (Å²) in [7, 11) is 0. The van der Waals surface area contributed by atoms with Crippen molar-refractivity contribution in [1.29, 1.82) is 0 Å². The van der Waals surface area contributed by atoms with Crippen LogP contribution in [0.3, 0.4) is 0 Å².